The fraction of sp³-hybridized carbons (Fsp3) is 0.542. The summed E-state index contributed by atoms with van der Waals surface area (Å²) in [5.41, 5.74) is 2.71. The molecule has 2 rings (SSSR count). The molecule has 0 saturated heterocycles. The number of aryl methyl sites for hydroxylation is 1. The Morgan fingerprint density at radius 3 is 1.93 bits per heavy atom. The largest absolute Gasteiger partial charge is 1.00 e. The molecular formula is C24H35BrINO. The summed E-state index contributed by atoms with van der Waals surface area (Å²) >= 11 is 2.19. The third-order valence-electron chi connectivity index (χ3n) is 5.18. The first-order valence-corrected chi connectivity index (χ1v) is 11.7. The minimum Gasteiger partial charge on any atom is -1.00 e. The van der Waals surface area contributed by atoms with Crippen LogP contribution in [-0.4, -0.2) is 5.11 Å². The van der Waals surface area contributed by atoms with Crippen molar-refractivity contribution in [2.75, 3.05) is 0 Å². The van der Waals surface area contributed by atoms with Gasteiger partial charge in [-0.3, -0.25) is 0 Å². The first kappa shape index (κ1) is 25.4. The van der Waals surface area contributed by atoms with E-state index in [0.717, 1.165) is 10.2 Å². The summed E-state index contributed by atoms with van der Waals surface area (Å²) in [6.07, 6.45) is 17.1. The molecule has 0 aliphatic rings. The zero-order valence-electron chi connectivity index (χ0n) is 17.2. The minimum absolute atomic E-state index is 0. The molecule has 0 spiro atoms. The molecule has 0 aliphatic carbocycles. The summed E-state index contributed by atoms with van der Waals surface area (Å²) in [5.74, 6) is 0.343. The van der Waals surface area contributed by atoms with Gasteiger partial charge in [0.1, 0.15) is 0 Å². The average Bonchev–Trinajstić information content (AvgIpc) is 2.68. The van der Waals surface area contributed by atoms with Crippen molar-refractivity contribution in [1.29, 1.82) is 0 Å². The standard InChI is InChI=1S/C24H34INO.BrH/c1-2-3-4-5-6-7-8-9-10-11-13-21-15-17-22(18-16-21)20-26-19-12-14-23(27)24(26)25;/h12,14-19H,2-11,13,20H2,1H3;1H. The molecule has 0 fully saturated rings. The van der Waals surface area contributed by atoms with Gasteiger partial charge in [0.25, 0.3) is 3.70 Å². The van der Waals surface area contributed by atoms with E-state index in [9.17, 15) is 5.11 Å². The van der Waals surface area contributed by atoms with Gasteiger partial charge in [-0.05, 0) is 24.5 Å². The lowest BCUT2D eigenvalue weighted by Gasteiger charge is -2.05. The van der Waals surface area contributed by atoms with Crippen molar-refractivity contribution in [3.63, 3.8) is 0 Å². The lowest BCUT2D eigenvalue weighted by molar-refractivity contribution is -0.701. The second-order valence-electron chi connectivity index (χ2n) is 7.56. The van der Waals surface area contributed by atoms with Gasteiger partial charge < -0.3 is 22.1 Å². The third-order valence-corrected chi connectivity index (χ3v) is 6.35. The normalized spacial score (nSPS) is 10.6. The number of aromatic hydroxyl groups is 1. The van der Waals surface area contributed by atoms with Crippen LogP contribution in [0.3, 0.4) is 0 Å². The fourth-order valence-electron chi connectivity index (χ4n) is 3.47. The lowest BCUT2D eigenvalue weighted by atomic mass is 10.0. The SMILES string of the molecule is CCCCCCCCCCCCc1ccc(C[n+]2cccc(O)c2I)cc1.[Br-]. The third kappa shape index (κ3) is 9.73. The molecule has 0 radical (unpaired) electrons. The number of unbranched alkanes of at least 4 members (excludes halogenated alkanes) is 9. The lowest BCUT2D eigenvalue weighted by Crippen LogP contribution is -3.00. The van der Waals surface area contributed by atoms with Crippen LogP contribution < -0.4 is 21.5 Å². The molecule has 0 unspecified atom stereocenters. The summed E-state index contributed by atoms with van der Waals surface area (Å²) in [7, 11) is 0. The molecule has 1 N–H and O–H groups in total. The highest BCUT2D eigenvalue weighted by Gasteiger charge is 2.12. The summed E-state index contributed by atoms with van der Waals surface area (Å²) in [6, 6.07) is 12.6. The van der Waals surface area contributed by atoms with E-state index in [1.54, 1.807) is 6.07 Å². The van der Waals surface area contributed by atoms with Crippen molar-refractivity contribution in [1.82, 2.24) is 0 Å². The highest BCUT2D eigenvalue weighted by Crippen LogP contribution is 2.15. The maximum absolute atomic E-state index is 9.82. The van der Waals surface area contributed by atoms with Crippen LogP contribution >= 0.6 is 22.6 Å². The number of nitrogens with zero attached hydrogens (tertiary/aromatic N) is 1. The van der Waals surface area contributed by atoms with Gasteiger partial charge in [-0.15, -0.1) is 0 Å². The minimum atomic E-state index is 0. The summed E-state index contributed by atoms with van der Waals surface area (Å²) in [6.45, 7) is 3.08. The number of benzene rings is 1. The van der Waals surface area contributed by atoms with E-state index in [2.05, 4.69) is 58.3 Å². The van der Waals surface area contributed by atoms with Crippen LogP contribution in [0.15, 0.2) is 42.6 Å². The number of hydrogen-bond acceptors (Lipinski definition) is 1. The van der Waals surface area contributed by atoms with E-state index in [-0.39, 0.29) is 17.0 Å². The Hall–Kier alpha value is -0.620. The highest BCUT2D eigenvalue weighted by molar-refractivity contribution is 14.1. The van der Waals surface area contributed by atoms with Gasteiger partial charge in [-0.2, -0.15) is 4.57 Å². The van der Waals surface area contributed by atoms with Crippen LogP contribution in [0.2, 0.25) is 0 Å². The Bertz CT molecular complexity index is 660. The Morgan fingerprint density at radius 2 is 1.32 bits per heavy atom. The number of pyridine rings is 1. The van der Waals surface area contributed by atoms with Crippen molar-refractivity contribution in [2.24, 2.45) is 0 Å². The molecule has 1 aromatic heterocycles. The average molecular weight is 560 g/mol. The highest BCUT2D eigenvalue weighted by atomic mass is 127. The predicted molar refractivity (Wildman–Crippen MR) is 122 cm³/mol. The van der Waals surface area contributed by atoms with Crippen molar-refractivity contribution >= 4 is 22.6 Å². The maximum Gasteiger partial charge on any atom is 0.283 e. The van der Waals surface area contributed by atoms with E-state index in [4.69, 9.17) is 0 Å². The zero-order chi connectivity index (χ0) is 19.3. The van der Waals surface area contributed by atoms with Crippen LogP contribution in [0.4, 0.5) is 0 Å². The van der Waals surface area contributed by atoms with E-state index < -0.39 is 0 Å². The van der Waals surface area contributed by atoms with Crippen LogP contribution in [0.1, 0.15) is 82.3 Å². The second kappa shape index (κ2) is 15.3. The number of hydrogen-bond donors (Lipinski definition) is 1. The molecule has 1 heterocycles. The molecule has 4 heteroatoms. The van der Waals surface area contributed by atoms with Gasteiger partial charge in [0, 0.05) is 34.2 Å². The molecule has 0 atom stereocenters. The summed E-state index contributed by atoms with van der Waals surface area (Å²) in [5, 5.41) is 9.82. The molecule has 2 nitrogen and oxygen atoms in total. The van der Waals surface area contributed by atoms with Gasteiger partial charge in [0.05, 0.1) is 0 Å². The molecule has 0 amide bonds. The predicted octanol–water partition coefficient (Wildman–Crippen LogP) is 3.80. The van der Waals surface area contributed by atoms with Crippen LogP contribution in [-0.2, 0) is 13.0 Å². The Labute approximate surface area is 195 Å². The maximum atomic E-state index is 9.82. The van der Waals surface area contributed by atoms with Crippen LogP contribution in [0.5, 0.6) is 5.75 Å². The Kier molecular flexibility index (Phi) is 13.8. The topological polar surface area (TPSA) is 24.1 Å². The van der Waals surface area contributed by atoms with E-state index in [1.807, 2.05) is 12.3 Å². The van der Waals surface area contributed by atoms with Gasteiger partial charge in [-0.1, -0.05) is 89.0 Å². The zero-order valence-corrected chi connectivity index (χ0v) is 20.9. The molecule has 0 bridgehead atoms. The summed E-state index contributed by atoms with van der Waals surface area (Å²) < 4.78 is 2.96. The van der Waals surface area contributed by atoms with Gasteiger partial charge in [0.2, 0.25) is 0 Å². The van der Waals surface area contributed by atoms with Gasteiger partial charge in [-0.25, -0.2) is 0 Å². The monoisotopic (exact) mass is 559 g/mol. The van der Waals surface area contributed by atoms with Crippen molar-refractivity contribution in [2.45, 2.75) is 84.1 Å². The molecule has 0 saturated carbocycles. The van der Waals surface area contributed by atoms with E-state index in [1.165, 1.54) is 81.8 Å². The molecule has 0 aliphatic heterocycles. The number of rotatable bonds is 13. The quantitative estimate of drug-likeness (QED) is 0.172. The molecule has 1 aromatic carbocycles. The Balaban J connectivity index is 0.00000392. The van der Waals surface area contributed by atoms with Crippen molar-refractivity contribution < 1.29 is 26.7 Å². The smallest absolute Gasteiger partial charge is 0.283 e. The number of aromatic nitrogens is 1. The van der Waals surface area contributed by atoms with Crippen molar-refractivity contribution in [3.05, 3.63) is 57.4 Å². The second-order valence-corrected chi connectivity index (χ2v) is 8.58. The summed E-state index contributed by atoms with van der Waals surface area (Å²) in [4.78, 5) is 0. The van der Waals surface area contributed by atoms with E-state index in [0.29, 0.717) is 5.75 Å². The molecular weight excluding hydrogens is 525 g/mol. The van der Waals surface area contributed by atoms with Gasteiger partial charge in [0.15, 0.2) is 18.5 Å². The van der Waals surface area contributed by atoms with Crippen LogP contribution in [0.25, 0.3) is 0 Å². The number of halogens is 2. The van der Waals surface area contributed by atoms with Crippen LogP contribution in [0, 0.1) is 3.70 Å². The van der Waals surface area contributed by atoms with Gasteiger partial charge >= 0.3 is 0 Å². The molecule has 28 heavy (non-hydrogen) atoms. The first-order chi connectivity index (χ1) is 13.2. The molecule has 156 valence electrons. The van der Waals surface area contributed by atoms with Crippen molar-refractivity contribution in [3.8, 4) is 5.75 Å². The first-order valence-electron chi connectivity index (χ1n) is 10.7. The Morgan fingerprint density at radius 1 is 0.786 bits per heavy atom. The van der Waals surface area contributed by atoms with E-state index >= 15 is 0 Å². The molecule has 2 aromatic rings. The fourth-order valence-corrected chi connectivity index (χ4v) is 3.98.